The van der Waals surface area contributed by atoms with Crippen LogP contribution in [0.2, 0.25) is 0 Å². The number of carbonyl (C=O) groups is 1. The molecule has 0 radical (unpaired) electrons. The molecule has 10 heteroatoms. The van der Waals surface area contributed by atoms with Crippen LogP contribution in [0.15, 0.2) is 36.9 Å². The van der Waals surface area contributed by atoms with Crippen molar-refractivity contribution in [1.29, 1.82) is 0 Å². The van der Waals surface area contributed by atoms with Crippen LogP contribution in [0.25, 0.3) is 0 Å². The van der Waals surface area contributed by atoms with Gasteiger partial charge in [0.15, 0.2) is 0 Å². The van der Waals surface area contributed by atoms with Crippen molar-refractivity contribution in [3.63, 3.8) is 0 Å². The summed E-state index contributed by atoms with van der Waals surface area (Å²) in [5.41, 5.74) is 7.18. The predicted molar refractivity (Wildman–Crippen MR) is 99.8 cm³/mol. The zero-order valence-corrected chi connectivity index (χ0v) is 15.0. The van der Waals surface area contributed by atoms with Crippen molar-refractivity contribution in [3.05, 3.63) is 48.0 Å². The van der Waals surface area contributed by atoms with E-state index in [-0.39, 0.29) is 5.56 Å². The lowest BCUT2D eigenvalue weighted by molar-refractivity contribution is 0.100. The Morgan fingerprint density at radius 2 is 2.19 bits per heavy atom. The van der Waals surface area contributed by atoms with Gasteiger partial charge in [0, 0.05) is 37.7 Å². The van der Waals surface area contributed by atoms with E-state index >= 15 is 0 Å². The molecule has 0 saturated heterocycles. The standard InChI is InChI=1S/C17H20N8O2/c1-3-27-16-11(5-4-6-19-16)7-20-15-13(14(18)26)9-21-17(24-15)23-12-8-22-25(2)10-12/h4-6,8-10H,3,7H2,1-2H3,(H2,18,26)(H2,20,21,23,24). The second-order valence-electron chi connectivity index (χ2n) is 5.60. The predicted octanol–water partition coefficient (Wildman–Crippen LogP) is 1.46. The summed E-state index contributed by atoms with van der Waals surface area (Å²) >= 11 is 0. The molecule has 4 N–H and O–H groups in total. The fourth-order valence-electron chi connectivity index (χ4n) is 2.38. The van der Waals surface area contributed by atoms with E-state index in [2.05, 4.69) is 30.7 Å². The van der Waals surface area contributed by atoms with E-state index in [1.807, 2.05) is 19.1 Å². The first-order chi connectivity index (χ1) is 13.1. The number of nitrogens with zero attached hydrogens (tertiary/aromatic N) is 5. The number of ether oxygens (including phenoxy) is 1. The molecule has 0 aromatic carbocycles. The highest BCUT2D eigenvalue weighted by Gasteiger charge is 2.14. The fraction of sp³-hybridized carbons (Fsp3) is 0.235. The van der Waals surface area contributed by atoms with Gasteiger partial charge in [-0.15, -0.1) is 0 Å². The maximum absolute atomic E-state index is 11.7. The van der Waals surface area contributed by atoms with Crippen LogP contribution in [0.3, 0.4) is 0 Å². The summed E-state index contributed by atoms with van der Waals surface area (Å²) in [5, 5.41) is 10.2. The SMILES string of the molecule is CCOc1ncccc1CNc1nc(Nc2cnn(C)c2)ncc1C(N)=O. The molecule has 140 valence electrons. The van der Waals surface area contributed by atoms with Gasteiger partial charge in [-0.25, -0.2) is 9.97 Å². The van der Waals surface area contributed by atoms with Gasteiger partial charge < -0.3 is 21.1 Å². The first-order valence-electron chi connectivity index (χ1n) is 8.30. The number of pyridine rings is 1. The van der Waals surface area contributed by atoms with Crippen molar-refractivity contribution >= 4 is 23.4 Å². The summed E-state index contributed by atoms with van der Waals surface area (Å²) in [6, 6.07) is 3.69. The summed E-state index contributed by atoms with van der Waals surface area (Å²) in [5.74, 6) is 0.527. The second-order valence-corrected chi connectivity index (χ2v) is 5.60. The molecule has 0 aliphatic rings. The molecule has 10 nitrogen and oxygen atoms in total. The highest BCUT2D eigenvalue weighted by Crippen LogP contribution is 2.20. The minimum atomic E-state index is -0.623. The van der Waals surface area contributed by atoms with Crippen molar-refractivity contribution in [2.45, 2.75) is 13.5 Å². The fourth-order valence-corrected chi connectivity index (χ4v) is 2.38. The first-order valence-corrected chi connectivity index (χ1v) is 8.30. The van der Waals surface area contributed by atoms with Gasteiger partial charge in [-0.05, 0) is 13.0 Å². The largest absolute Gasteiger partial charge is 0.478 e. The molecule has 0 bridgehead atoms. The molecule has 3 heterocycles. The molecule has 0 fully saturated rings. The van der Waals surface area contributed by atoms with E-state index < -0.39 is 5.91 Å². The Labute approximate surface area is 155 Å². The van der Waals surface area contributed by atoms with Gasteiger partial charge in [0.05, 0.1) is 24.1 Å². The number of nitrogens with one attached hydrogen (secondary N) is 2. The van der Waals surface area contributed by atoms with Crippen molar-refractivity contribution in [3.8, 4) is 5.88 Å². The third kappa shape index (κ3) is 4.48. The maximum atomic E-state index is 11.7. The summed E-state index contributed by atoms with van der Waals surface area (Å²) in [4.78, 5) is 24.4. The molecule has 1 amide bonds. The van der Waals surface area contributed by atoms with Crippen LogP contribution in [0, 0.1) is 0 Å². The molecule has 0 unspecified atom stereocenters. The molecule has 3 rings (SSSR count). The molecule has 0 spiro atoms. The number of carbonyl (C=O) groups excluding carboxylic acids is 1. The number of aryl methyl sites for hydroxylation is 1. The van der Waals surface area contributed by atoms with Crippen LogP contribution in [0.1, 0.15) is 22.8 Å². The van der Waals surface area contributed by atoms with Crippen molar-refractivity contribution in [2.24, 2.45) is 12.8 Å². The first kappa shape index (κ1) is 18.1. The van der Waals surface area contributed by atoms with Crippen LogP contribution < -0.4 is 21.1 Å². The van der Waals surface area contributed by atoms with Gasteiger partial charge in [0.2, 0.25) is 11.8 Å². The Morgan fingerprint density at radius 3 is 2.89 bits per heavy atom. The van der Waals surface area contributed by atoms with Gasteiger partial charge in [-0.1, -0.05) is 6.07 Å². The number of amides is 1. The lowest BCUT2D eigenvalue weighted by atomic mass is 10.2. The molecule has 27 heavy (non-hydrogen) atoms. The van der Waals surface area contributed by atoms with E-state index in [0.29, 0.717) is 30.8 Å². The van der Waals surface area contributed by atoms with Crippen LogP contribution in [-0.2, 0) is 13.6 Å². The summed E-state index contributed by atoms with van der Waals surface area (Å²) in [7, 11) is 1.80. The molecule has 0 atom stereocenters. The van der Waals surface area contributed by atoms with E-state index in [4.69, 9.17) is 10.5 Å². The number of nitrogens with two attached hydrogens (primary N) is 1. The second kappa shape index (κ2) is 8.13. The van der Waals surface area contributed by atoms with Crippen LogP contribution in [-0.4, -0.2) is 37.2 Å². The molecule has 3 aromatic heterocycles. The van der Waals surface area contributed by atoms with E-state index in [1.165, 1.54) is 6.20 Å². The molecule has 0 saturated carbocycles. The smallest absolute Gasteiger partial charge is 0.254 e. The van der Waals surface area contributed by atoms with Crippen LogP contribution >= 0.6 is 0 Å². The Kier molecular flexibility index (Phi) is 5.45. The molecule has 3 aromatic rings. The van der Waals surface area contributed by atoms with Crippen molar-refractivity contribution in [2.75, 3.05) is 17.2 Å². The molecular formula is C17H20N8O2. The third-order valence-electron chi connectivity index (χ3n) is 3.59. The summed E-state index contributed by atoms with van der Waals surface area (Å²) in [6.45, 7) is 2.74. The minimum absolute atomic E-state index is 0.189. The number of aromatic nitrogens is 5. The Bertz CT molecular complexity index is 940. The average Bonchev–Trinajstić information content (AvgIpc) is 3.06. The molecule has 0 aliphatic carbocycles. The van der Waals surface area contributed by atoms with E-state index in [0.717, 1.165) is 11.3 Å². The van der Waals surface area contributed by atoms with Crippen molar-refractivity contribution in [1.82, 2.24) is 24.7 Å². The van der Waals surface area contributed by atoms with Gasteiger partial charge in [0.1, 0.15) is 5.82 Å². The van der Waals surface area contributed by atoms with E-state index in [9.17, 15) is 4.79 Å². The van der Waals surface area contributed by atoms with Gasteiger partial charge in [-0.2, -0.15) is 10.1 Å². The molecular weight excluding hydrogens is 348 g/mol. The summed E-state index contributed by atoms with van der Waals surface area (Å²) in [6.07, 6.45) is 6.46. The quantitative estimate of drug-likeness (QED) is 0.544. The maximum Gasteiger partial charge on any atom is 0.254 e. The van der Waals surface area contributed by atoms with Crippen molar-refractivity contribution < 1.29 is 9.53 Å². The highest BCUT2D eigenvalue weighted by atomic mass is 16.5. The number of anilines is 3. The highest BCUT2D eigenvalue weighted by molar-refractivity contribution is 5.97. The lowest BCUT2D eigenvalue weighted by Gasteiger charge is -2.12. The topological polar surface area (TPSA) is 133 Å². The Balaban J connectivity index is 1.82. The number of hydrogen-bond donors (Lipinski definition) is 3. The third-order valence-corrected chi connectivity index (χ3v) is 3.59. The summed E-state index contributed by atoms with van der Waals surface area (Å²) < 4.78 is 7.16. The zero-order chi connectivity index (χ0) is 19.2. The number of rotatable bonds is 8. The normalized spacial score (nSPS) is 10.4. The monoisotopic (exact) mass is 368 g/mol. The number of hydrogen-bond acceptors (Lipinski definition) is 8. The lowest BCUT2D eigenvalue weighted by Crippen LogP contribution is -2.17. The average molecular weight is 368 g/mol. The van der Waals surface area contributed by atoms with Crippen LogP contribution in [0.4, 0.5) is 17.5 Å². The number of primary amides is 1. The minimum Gasteiger partial charge on any atom is -0.478 e. The van der Waals surface area contributed by atoms with Gasteiger partial charge in [0.25, 0.3) is 5.91 Å². The molecule has 0 aliphatic heterocycles. The Hall–Kier alpha value is -3.69. The van der Waals surface area contributed by atoms with Crippen LogP contribution in [0.5, 0.6) is 5.88 Å². The zero-order valence-electron chi connectivity index (χ0n) is 15.0. The Morgan fingerprint density at radius 1 is 1.33 bits per heavy atom. The van der Waals surface area contributed by atoms with Gasteiger partial charge in [-0.3, -0.25) is 9.48 Å². The van der Waals surface area contributed by atoms with E-state index in [1.54, 1.807) is 30.3 Å². The van der Waals surface area contributed by atoms with Gasteiger partial charge >= 0.3 is 0 Å².